The lowest BCUT2D eigenvalue weighted by Crippen LogP contribution is -2.52. The van der Waals surface area contributed by atoms with E-state index in [1.807, 2.05) is 18.3 Å². The lowest BCUT2D eigenvalue weighted by Gasteiger charge is -2.44. The Labute approximate surface area is 199 Å². The molecule has 0 amide bonds. The fourth-order valence-electron chi connectivity index (χ4n) is 4.17. The normalized spacial score (nSPS) is 20.0. The van der Waals surface area contributed by atoms with Crippen LogP contribution in [0.1, 0.15) is 31.5 Å². The summed E-state index contributed by atoms with van der Waals surface area (Å²) in [6, 6.07) is 3.81. The average molecular weight is 519 g/mol. The largest absolute Gasteiger partial charge is 0.490 e. The Morgan fingerprint density at radius 2 is 1.86 bits per heavy atom. The molecule has 3 aliphatic rings. The topological polar surface area (TPSA) is 124 Å². The third-order valence-electron chi connectivity index (χ3n) is 6.31. The van der Waals surface area contributed by atoms with Crippen molar-refractivity contribution >= 4 is 16.0 Å². The lowest BCUT2D eigenvalue weighted by atomic mass is 9.91. The summed E-state index contributed by atoms with van der Waals surface area (Å²) < 4.78 is 72.0. The molecule has 1 saturated carbocycles. The van der Waals surface area contributed by atoms with E-state index in [9.17, 15) is 21.6 Å². The summed E-state index contributed by atoms with van der Waals surface area (Å²) in [6.07, 6.45) is 1.58. The summed E-state index contributed by atoms with van der Waals surface area (Å²) in [4.78, 5) is 17.7. The molecule has 0 bridgehead atoms. The van der Waals surface area contributed by atoms with E-state index >= 15 is 0 Å². The number of carbonyl (C=O) groups is 1. The van der Waals surface area contributed by atoms with Gasteiger partial charge in [-0.05, 0) is 31.7 Å². The van der Waals surface area contributed by atoms with Gasteiger partial charge in [0.15, 0.2) is 0 Å². The number of nitrogens with zero attached hydrogens (tertiary/aromatic N) is 4. The number of imidazole rings is 1. The van der Waals surface area contributed by atoms with Gasteiger partial charge in [0.2, 0.25) is 15.9 Å². The van der Waals surface area contributed by atoms with Crippen LogP contribution in [0.5, 0.6) is 5.88 Å². The van der Waals surface area contributed by atoms with Crippen LogP contribution in [-0.2, 0) is 32.7 Å². The van der Waals surface area contributed by atoms with Gasteiger partial charge >= 0.3 is 12.1 Å². The van der Waals surface area contributed by atoms with Crippen molar-refractivity contribution < 1.29 is 41.0 Å². The molecule has 192 valence electrons. The summed E-state index contributed by atoms with van der Waals surface area (Å²) in [5.74, 6) is -1.29. The van der Waals surface area contributed by atoms with Gasteiger partial charge in [-0.25, -0.2) is 27.5 Å². The Bertz CT molecular complexity index is 1170. The molecule has 35 heavy (non-hydrogen) atoms. The van der Waals surface area contributed by atoms with Crippen LogP contribution in [0.3, 0.4) is 0 Å². The molecule has 1 saturated heterocycles. The summed E-state index contributed by atoms with van der Waals surface area (Å²) in [5.41, 5.74) is 1.64. The van der Waals surface area contributed by atoms with Gasteiger partial charge in [0.1, 0.15) is 12.4 Å². The first-order chi connectivity index (χ1) is 16.4. The predicted octanol–water partition coefficient (Wildman–Crippen LogP) is 2.44. The number of fused-ring (bicyclic) bond motifs is 1. The molecule has 14 heteroatoms. The molecule has 1 aliphatic carbocycles. The van der Waals surface area contributed by atoms with Crippen molar-refractivity contribution in [2.75, 3.05) is 20.2 Å². The van der Waals surface area contributed by atoms with Gasteiger partial charge in [-0.1, -0.05) is 0 Å². The zero-order chi connectivity index (χ0) is 25.4. The van der Waals surface area contributed by atoms with E-state index < -0.39 is 22.2 Å². The van der Waals surface area contributed by atoms with Gasteiger partial charge < -0.3 is 19.1 Å². The van der Waals surface area contributed by atoms with E-state index in [-0.39, 0.29) is 10.9 Å². The third-order valence-corrected chi connectivity index (χ3v) is 8.71. The van der Waals surface area contributed by atoms with Gasteiger partial charge in [-0.2, -0.15) is 13.2 Å². The third kappa shape index (κ3) is 5.43. The zero-order valence-electron chi connectivity index (χ0n) is 18.9. The Kier molecular flexibility index (Phi) is 6.81. The summed E-state index contributed by atoms with van der Waals surface area (Å²) in [7, 11) is -1.52. The van der Waals surface area contributed by atoms with Crippen LogP contribution in [0.4, 0.5) is 13.2 Å². The van der Waals surface area contributed by atoms with E-state index in [0.717, 1.165) is 29.9 Å². The summed E-state index contributed by atoms with van der Waals surface area (Å²) in [6.45, 7) is 2.19. The maximum Gasteiger partial charge on any atom is 0.490 e. The summed E-state index contributed by atoms with van der Waals surface area (Å²) in [5, 5.41) is 6.98. The van der Waals surface area contributed by atoms with E-state index in [2.05, 4.69) is 14.5 Å². The Balaban J connectivity index is 0.000000364. The Morgan fingerprint density at radius 1 is 1.20 bits per heavy atom. The molecule has 4 heterocycles. The van der Waals surface area contributed by atoms with Gasteiger partial charge in [0.25, 0.3) is 0 Å². The Hall–Kier alpha value is -2.71. The van der Waals surface area contributed by atoms with Gasteiger partial charge in [-0.15, -0.1) is 0 Å². The number of hydrogen-bond donors (Lipinski definition) is 1. The molecule has 1 N–H and O–H groups in total. The lowest BCUT2D eigenvalue weighted by molar-refractivity contribution is -0.192. The number of aromatic nitrogens is 3. The monoisotopic (exact) mass is 518 g/mol. The van der Waals surface area contributed by atoms with Gasteiger partial charge in [0.05, 0.1) is 36.4 Å². The van der Waals surface area contributed by atoms with Crippen molar-refractivity contribution in [1.82, 2.24) is 18.8 Å². The quantitative estimate of drug-likeness (QED) is 0.655. The summed E-state index contributed by atoms with van der Waals surface area (Å²) >= 11 is 0. The van der Waals surface area contributed by atoms with Crippen LogP contribution < -0.4 is 4.74 Å². The number of aliphatic carboxylic acids is 1. The zero-order valence-corrected chi connectivity index (χ0v) is 19.7. The van der Waals surface area contributed by atoms with Crippen LogP contribution in [0, 0.1) is 0 Å². The van der Waals surface area contributed by atoms with Crippen molar-refractivity contribution in [2.45, 2.75) is 55.9 Å². The highest BCUT2D eigenvalue weighted by molar-refractivity contribution is 7.90. The number of ether oxygens (including phenoxy) is 2. The Morgan fingerprint density at radius 3 is 2.37 bits per heavy atom. The maximum absolute atomic E-state index is 12.5. The van der Waals surface area contributed by atoms with Crippen LogP contribution in [-0.4, -0.2) is 75.6 Å². The van der Waals surface area contributed by atoms with Crippen LogP contribution in [0.25, 0.3) is 11.3 Å². The number of hydrogen-bond acceptors (Lipinski definition) is 7. The number of carboxylic acids is 1. The molecule has 0 aromatic carbocycles. The minimum Gasteiger partial charge on any atom is -0.481 e. The molecular formula is C21H25F3N4O6S. The van der Waals surface area contributed by atoms with Crippen molar-refractivity contribution in [3.8, 4) is 17.1 Å². The molecule has 2 aliphatic heterocycles. The first-order valence-corrected chi connectivity index (χ1v) is 12.4. The highest BCUT2D eigenvalue weighted by Gasteiger charge is 2.46. The number of pyridine rings is 1. The van der Waals surface area contributed by atoms with Crippen molar-refractivity contribution in [2.24, 2.45) is 0 Å². The van der Waals surface area contributed by atoms with E-state index in [4.69, 9.17) is 19.4 Å². The van der Waals surface area contributed by atoms with Crippen molar-refractivity contribution in [1.29, 1.82) is 0 Å². The molecule has 1 spiro atoms. The van der Waals surface area contributed by atoms with Gasteiger partial charge in [0, 0.05) is 30.9 Å². The number of halogens is 3. The van der Waals surface area contributed by atoms with E-state index in [1.165, 1.54) is 0 Å². The fraction of sp³-hybridized carbons (Fsp3) is 0.571. The number of carboxylic acid groups (broad SMARTS) is 1. The standard InChI is InChI=1S/C19H24N4O4S.C2HF3O2/c1-26-18-5-2-14(10-21-18)16-11-20-17-12-27-19(13-23(16)17)6-8-22(9-7-19)28(24,25)15-3-4-15;3-2(4,5)1(6)7/h2,5,10-11,15H,3-4,6-9,12-13H2,1H3;(H,6,7). The molecule has 2 aromatic rings. The number of alkyl halides is 3. The maximum atomic E-state index is 12.5. The number of piperidine rings is 1. The van der Waals surface area contributed by atoms with E-state index in [0.29, 0.717) is 45.0 Å². The minimum atomic E-state index is -5.08. The SMILES string of the molecule is COc1ccc(-c2cnc3n2CC2(CCN(S(=O)(=O)C4CC4)CC2)OC3)cn1.O=C(O)C(F)(F)F. The molecule has 0 radical (unpaired) electrons. The second-order valence-electron chi connectivity index (χ2n) is 8.65. The molecule has 10 nitrogen and oxygen atoms in total. The first kappa shape index (κ1) is 25.4. The number of methoxy groups -OCH3 is 1. The average Bonchev–Trinajstić information content (AvgIpc) is 3.61. The highest BCUT2D eigenvalue weighted by Crippen LogP contribution is 2.39. The molecule has 0 unspecified atom stereocenters. The smallest absolute Gasteiger partial charge is 0.481 e. The van der Waals surface area contributed by atoms with Gasteiger partial charge in [-0.3, -0.25) is 0 Å². The van der Waals surface area contributed by atoms with Crippen LogP contribution >= 0.6 is 0 Å². The molecule has 0 atom stereocenters. The van der Waals surface area contributed by atoms with Crippen molar-refractivity contribution in [3.05, 3.63) is 30.4 Å². The van der Waals surface area contributed by atoms with Crippen molar-refractivity contribution in [3.63, 3.8) is 0 Å². The first-order valence-electron chi connectivity index (χ1n) is 10.9. The number of rotatable bonds is 4. The van der Waals surface area contributed by atoms with Crippen LogP contribution in [0.15, 0.2) is 24.5 Å². The predicted molar refractivity (Wildman–Crippen MR) is 116 cm³/mol. The molecular weight excluding hydrogens is 493 g/mol. The minimum absolute atomic E-state index is 0.150. The number of sulfonamides is 1. The highest BCUT2D eigenvalue weighted by atomic mass is 32.2. The molecule has 5 rings (SSSR count). The molecule has 2 fully saturated rings. The van der Waals surface area contributed by atoms with Crippen LogP contribution in [0.2, 0.25) is 0 Å². The second kappa shape index (κ2) is 9.39. The fourth-order valence-corrected chi connectivity index (χ4v) is 6.01. The van der Waals surface area contributed by atoms with E-state index in [1.54, 1.807) is 17.6 Å². The molecule has 2 aromatic heterocycles. The second-order valence-corrected chi connectivity index (χ2v) is 10.9.